The highest BCUT2D eigenvalue weighted by Crippen LogP contribution is 2.29. The Morgan fingerprint density at radius 2 is 2.36 bits per heavy atom. The van der Waals surface area contributed by atoms with Crippen molar-refractivity contribution < 1.29 is 9.18 Å². The number of thiophene rings is 1. The Kier molecular flexibility index (Phi) is 1.40. The Bertz CT molecular complexity index is 322. The van der Waals surface area contributed by atoms with Crippen molar-refractivity contribution in [3.8, 4) is 0 Å². The van der Waals surface area contributed by atoms with Gasteiger partial charge in [0.15, 0.2) is 10.9 Å². The zero-order valence-electron chi connectivity index (χ0n) is 5.39. The van der Waals surface area contributed by atoms with E-state index in [1.807, 2.05) is 0 Å². The molecule has 0 aliphatic heterocycles. The first-order valence-corrected chi connectivity index (χ1v) is 4.26. The number of carbonyl (C=O) groups is 1. The van der Waals surface area contributed by atoms with Crippen LogP contribution < -0.4 is 0 Å². The molecule has 0 N–H and O–H groups in total. The summed E-state index contributed by atoms with van der Waals surface area (Å²) in [6.07, 6.45) is 0.288. The lowest BCUT2D eigenvalue weighted by Crippen LogP contribution is -1.90. The van der Waals surface area contributed by atoms with E-state index in [9.17, 15) is 9.18 Å². The Labute approximate surface area is 71.8 Å². The zero-order chi connectivity index (χ0) is 8.01. The van der Waals surface area contributed by atoms with Crippen LogP contribution in [0.25, 0.3) is 0 Å². The van der Waals surface area contributed by atoms with E-state index < -0.39 is 0 Å². The average molecular weight is 186 g/mol. The molecular weight excluding hydrogens is 183 g/mol. The van der Waals surface area contributed by atoms with E-state index >= 15 is 0 Å². The molecule has 1 aromatic rings. The monoisotopic (exact) mass is 186 g/mol. The zero-order valence-corrected chi connectivity index (χ0v) is 7.02. The van der Waals surface area contributed by atoms with Gasteiger partial charge in [0.1, 0.15) is 0 Å². The molecule has 0 fully saturated rings. The summed E-state index contributed by atoms with van der Waals surface area (Å²) in [4.78, 5) is 12.3. The van der Waals surface area contributed by atoms with Crippen LogP contribution in [0.1, 0.15) is 21.7 Å². The molecule has 0 aromatic carbocycles. The standard InChI is InChI=1S/C7H3FOS2/c8-6-1-3-4(9)2-5(10)7(3)11-6/h1H,2H2. The summed E-state index contributed by atoms with van der Waals surface area (Å²) in [6.45, 7) is 0. The topological polar surface area (TPSA) is 17.1 Å². The fourth-order valence-corrected chi connectivity index (χ4v) is 2.30. The minimum atomic E-state index is -0.328. The van der Waals surface area contributed by atoms with E-state index in [2.05, 4.69) is 0 Å². The molecule has 11 heavy (non-hydrogen) atoms. The highest BCUT2D eigenvalue weighted by molar-refractivity contribution is 7.81. The Morgan fingerprint density at radius 1 is 1.64 bits per heavy atom. The fraction of sp³-hybridized carbons (Fsp3) is 0.143. The lowest BCUT2D eigenvalue weighted by molar-refractivity contribution is 0.101. The van der Waals surface area contributed by atoms with Gasteiger partial charge in [0.05, 0.1) is 4.88 Å². The van der Waals surface area contributed by atoms with Crippen LogP contribution in [0, 0.1) is 5.13 Å². The second-order valence-corrected chi connectivity index (χ2v) is 3.81. The third-order valence-corrected chi connectivity index (χ3v) is 3.04. The van der Waals surface area contributed by atoms with E-state index in [4.69, 9.17) is 12.2 Å². The summed E-state index contributed by atoms with van der Waals surface area (Å²) in [5.41, 5.74) is 0.470. The fourth-order valence-electron chi connectivity index (χ4n) is 1.10. The number of ketones is 1. The van der Waals surface area contributed by atoms with Crippen LogP contribution in [0.15, 0.2) is 6.07 Å². The van der Waals surface area contributed by atoms with Gasteiger partial charge in [0, 0.05) is 16.8 Å². The van der Waals surface area contributed by atoms with Crippen LogP contribution in [0.2, 0.25) is 0 Å². The highest BCUT2D eigenvalue weighted by Gasteiger charge is 2.27. The third-order valence-electron chi connectivity index (χ3n) is 1.58. The normalized spacial score (nSPS) is 15.7. The minimum Gasteiger partial charge on any atom is -0.294 e. The van der Waals surface area contributed by atoms with E-state index in [0.29, 0.717) is 15.3 Å². The number of halogens is 1. The van der Waals surface area contributed by atoms with Crippen molar-refractivity contribution in [2.45, 2.75) is 6.42 Å². The number of fused-ring (bicyclic) bond motifs is 1. The van der Waals surface area contributed by atoms with Crippen molar-refractivity contribution in [3.63, 3.8) is 0 Å². The maximum atomic E-state index is 12.6. The molecule has 0 atom stereocenters. The SMILES string of the molecule is O=C1CC(=S)c2sc(F)cc21. The molecule has 1 heterocycles. The Morgan fingerprint density at radius 3 is 3.00 bits per heavy atom. The molecule has 0 unspecified atom stereocenters. The third kappa shape index (κ3) is 0.937. The summed E-state index contributed by atoms with van der Waals surface area (Å²) >= 11 is 5.85. The minimum absolute atomic E-state index is 0.0508. The quantitative estimate of drug-likeness (QED) is 0.578. The molecule has 0 saturated heterocycles. The lowest BCUT2D eigenvalue weighted by Gasteiger charge is -1.82. The maximum absolute atomic E-state index is 12.6. The Balaban J connectivity index is 2.67. The van der Waals surface area contributed by atoms with E-state index in [0.717, 1.165) is 11.3 Å². The van der Waals surface area contributed by atoms with Gasteiger partial charge >= 0.3 is 0 Å². The van der Waals surface area contributed by atoms with Crippen molar-refractivity contribution in [2.24, 2.45) is 0 Å². The van der Waals surface area contributed by atoms with Crippen molar-refractivity contribution in [2.75, 3.05) is 0 Å². The second-order valence-electron chi connectivity index (χ2n) is 2.32. The van der Waals surface area contributed by atoms with Crippen LogP contribution in [0.3, 0.4) is 0 Å². The average Bonchev–Trinajstić information content (AvgIpc) is 2.38. The summed E-state index contributed by atoms with van der Waals surface area (Å²) in [5.74, 6) is -0.0508. The maximum Gasteiger partial charge on any atom is 0.177 e. The predicted molar refractivity (Wildman–Crippen MR) is 44.9 cm³/mol. The first-order valence-electron chi connectivity index (χ1n) is 3.04. The summed E-state index contributed by atoms with van der Waals surface area (Å²) in [7, 11) is 0. The van der Waals surface area contributed by atoms with Gasteiger partial charge in [-0.05, 0) is 6.07 Å². The largest absolute Gasteiger partial charge is 0.294 e. The van der Waals surface area contributed by atoms with Crippen LogP contribution >= 0.6 is 23.6 Å². The van der Waals surface area contributed by atoms with Crippen molar-refractivity contribution >= 4 is 34.2 Å². The Hall–Kier alpha value is -0.610. The molecule has 4 heteroatoms. The number of thiocarbonyl (C=S) groups is 1. The smallest absolute Gasteiger partial charge is 0.177 e. The van der Waals surface area contributed by atoms with Gasteiger partial charge in [0.2, 0.25) is 0 Å². The first-order chi connectivity index (χ1) is 5.18. The van der Waals surface area contributed by atoms with Crippen molar-refractivity contribution in [1.82, 2.24) is 0 Å². The first kappa shape index (κ1) is 7.06. The molecule has 0 radical (unpaired) electrons. The predicted octanol–water partition coefficient (Wildman–Crippen LogP) is 2.19. The second kappa shape index (κ2) is 2.19. The van der Waals surface area contributed by atoms with E-state index in [1.54, 1.807) is 0 Å². The summed E-state index contributed by atoms with van der Waals surface area (Å²) in [5, 5.41) is -0.328. The number of carbonyl (C=O) groups excluding carboxylic acids is 1. The highest BCUT2D eigenvalue weighted by atomic mass is 32.1. The molecular formula is C7H3FOS2. The van der Waals surface area contributed by atoms with Crippen LogP contribution in [0.5, 0.6) is 0 Å². The van der Waals surface area contributed by atoms with Crippen LogP contribution in [0.4, 0.5) is 4.39 Å². The van der Waals surface area contributed by atoms with Gasteiger partial charge < -0.3 is 0 Å². The molecule has 1 nitrogen and oxygen atoms in total. The van der Waals surface area contributed by atoms with Gasteiger partial charge in [-0.15, -0.1) is 11.3 Å². The molecule has 0 bridgehead atoms. The molecule has 0 amide bonds. The number of rotatable bonds is 0. The van der Waals surface area contributed by atoms with E-state index in [-0.39, 0.29) is 17.3 Å². The number of hydrogen-bond acceptors (Lipinski definition) is 3. The molecule has 1 aliphatic carbocycles. The van der Waals surface area contributed by atoms with Crippen molar-refractivity contribution in [3.05, 3.63) is 21.6 Å². The van der Waals surface area contributed by atoms with Crippen LogP contribution in [-0.2, 0) is 0 Å². The van der Waals surface area contributed by atoms with Gasteiger partial charge in [-0.1, -0.05) is 12.2 Å². The molecule has 0 saturated carbocycles. The van der Waals surface area contributed by atoms with Gasteiger partial charge in [-0.25, -0.2) is 0 Å². The molecule has 2 rings (SSSR count). The number of Topliss-reactive ketones (excluding diaryl/α,β-unsaturated/α-hetero) is 1. The van der Waals surface area contributed by atoms with Gasteiger partial charge in [-0.3, -0.25) is 4.79 Å². The summed E-state index contributed by atoms with van der Waals surface area (Å²) in [6, 6.07) is 1.27. The van der Waals surface area contributed by atoms with Crippen molar-refractivity contribution in [1.29, 1.82) is 0 Å². The molecule has 0 spiro atoms. The number of hydrogen-bond donors (Lipinski definition) is 0. The van der Waals surface area contributed by atoms with E-state index in [1.165, 1.54) is 6.07 Å². The summed E-state index contributed by atoms with van der Waals surface area (Å²) < 4.78 is 12.6. The lowest BCUT2D eigenvalue weighted by atomic mass is 10.2. The van der Waals surface area contributed by atoms with Gasteiger partial charge in [0.25, 0.3) is 0 Å². The van der Waals surface area contributed by atoms with Gasteiger partial charge in [-0.2, -0.15) is 4.39 Å². The molecule has 56 valence electrons. The molecule has 1 aliphatic rings. The van der Waals surface area contributed by atoms with Crippen LogP contribution in [-0.4, -0.2) is 10.6 Å². The molecule has 1 aromatic heterocycles.